The summed E-state index contributed by atoms with van der Waals surface area (Å²) in [7, 11) is 0. The Morgan fingerprint density at radius 2 is 2.00 bits per heavy atom. The van der Waals surface area contributed by atoms with Crippen LogP contribution in [0.5, 0.6) is 0 Å². The molecule has 3 fully saturated rings. The molecule has 6 heteroatoms. The van der Waals surface area contributed by atoms with E-state index in [9.17, 15) is 0 Å². The Balaban J connectivity index is 1.55. The molecular formula is C13H23N5O. The van der Waals surface area contributed by atoms with E-state index in [1.165, 1.54) is 13.1 Å². The van der Waals surface area contributed by atoms with E-state index in [1.54, 1.807) is 0 Å². The summed E-state index contributed by atoms with van der Waals surface area (Å²) in [5.74, 6) is 1.66. The molecule has 4 rings (SSSR count). The smallest absolute Gasteiger partial charge is 0.226 e. The summed E-state index contributed by atoms with van der Waals surface area (Å²) >= 11 is 0. The van der Waals surface area contributed by atoms with Gasteiger partial charge >= 0.3 is 0 Å². The van der Waals surface area contributed by atoms with E-state index >= 15 is 0 Å². The lowest BCUT2D eigenvalue weighted by atomic mass is 10.1. The highest BCUT2D eigenvalue weighted by molar-refractivity contribution is 5.01. The van der Waals surface area contributed by atoms with Crippen molar-refractivity contribution in [3.63, 3.8) is 0 Å². The predicted octanol–water partition coefficient (Wildman–Crippen LogP) is 0.413. The molecule has 19 heavy (non-hydrogen) atoms. The van der Waals surface area contributed by atoms with Gasteiger partial charge in [0.2, 0.25) is 5.89 Å². The minimum atomic E-state index is 0.337. The van der Waals surface area contributed by atoms with E-state index in [1.807, 2.05) is 0 Å². The van der Waals surface area contributed by atoms with E-state index in [4.69, 9.17) is 10.3 Å². The predicted molar refractivity (Wildman–Crippen MR) is 71.7 cm³/mol. The quantitative estimate of drug-likeness (QED) is 0.751. The van der Waals surface area contributed by atoms with Crippen molar-refractivity contribution in [3.8, 4) is 0 Å². The maximum absolute atomic E-state index is 5.48. The number of hydrogen-bond donors (Lipinski definition) is 1. The van der Waals surface area contributed by atoms with Crippen molar-refractivity contribution >= 4 is 0 Å². The van der Waals surface area contributed by atoms with Gasteiger partial charge in [0.1, 0.15) is 0 Å². The fourth-order valence-corrected chi connectivity index (χ4v) is 2.96. The SMILES string of the molecule is NCCCCCc1nc(C2CN3CCN2CC3)no1. The van der Waals surface area contributed by atoms with Crippen molar-refractivity contribution in [1.82, 2.24) is 19.9 Å². The Bertz CT molecular complexity index is 399. The van der Waals surface area contributed by atoms with Gasteiger partial charge in [0, 0.05) is 39.1 Å². The largest absolute Gasteiger partial charge is 0.339 e. The molecule has 0 radical (unpaired) electrons. The minimum absolute atomic E-state index is 0.337. The molecule has 0 amide bonds. The topological polar surface area (TPSA) is 71.4 Å². The van der Waals surface area contributed by atoms with Crippen LogP contribution >= 0.6 is 0 Å². The molecule has 1 aromatic heterocycles. The third kappa shape index (κ3) is 2.96. The molecule has 0 saturated carbocycles. The van der Waals surface area contributed by atoms with Gasteiger partial charge < -0.3 is 10.3 Å². The van der Waals surface area contributed by atoms with Crippen LogP contribution in [0.25, 0.3) is 0 Å². The molecule has 106 valence electrons. The van der Waals surface area contributed by atoms with Gasteiger partial charge in [-0.15, -0.1) is 0 Å². The number of hydrogen-bond acceptors (Lipinski definition) is 6. The zero-order chi connectivity index (χ0) is 13.1. The van der Waals surface area contributed by atoms with E-state index in [0.29, 0.717) is 6.04 Å². The van der Waals surface area contributed by atoms with Crippen LogP contribution in [-0.4, -0.2) is 59.2 Å². The summed E-state index contributed by atoms with van der Waals surface area (Å²) in [6.07, 6.45) is 4.17. The van der Waals surface area contributed by atoms with Gasteiger partial charge in [-0.25, -0.2) is 0 Å². The van der Waals surface area contributed by atoms with Crippen molar-refractivity contribution in [2.75, 3.05) is 39.3 Å². The van der Waals surface area contributed by atoms with Crippen molar-refractivity contribution in [2.24, 2.45) is 5.73 Å². The Hall–Kier alpha value is -0.980. The standard InChI is InChI=1S/C13H23N5O/c14-5-3-1-2-4-12-15-13(16-19-12)11-10-17-6-8-18(11)9-7-17/h11H,1-10,14H2. The molecule has 3 aliphatic rings. The molecule has 0 aromatic carbocycles. The third-order valence-corrected chi connectivity index (χ3v) is 4.16. The van der Waals surface area contributed by atoms with Crippen LogP contribution in [-0.2, 0) is 6.42 Å². The minimum Gasteiger partial charge on any atom is -0.339 e. The zero-order valence-corrected chi connectivity index (χ0v) is 11.4. The van der Waals surface area contributed by atoms with Crippen LogP contribution in [0.4, 0.5) is 0 Å². The summed E-state index contributed by atoms with van der Waals surface area (Å²) < 4.78 is 5.37. The second-order valence-electron chi connectivity index (χ2n) is 5.50. The highest BCUT2D eigenvalue weighted by atomic mass is 16.5. The van der Waals surface area contributed by atoms with Gasteiger partial charge in [-0.05, 0) is 19.4 Å². The number of fused-ring (bicyclic) bond motifs is 3. The molecule has 4 heterocycles. The van der Waals surface area contributed by atoms with Gasteiger partial charge in [0.05, 0.1) is 6.04 Å². The summed E-state index contributed by atoms with van der Waals surface area (Å²) in [4.78, 5) is 9.54. The van der Waals surface area contributed by atoms with Crippen LogP contribution in [0.3, 0.4) is 0 Å². The number of unbranched alkanes of at least 4 members (excludes halogenated alkanes) is 2. The first kappa shape index (κ1) is 13.0. The normalized spacial score (nSPS) is 29.8. The lowest BCUT2D eigenvalue weighted by Crippen LogP contribution is -2.57. The summed E-state index contributed by atoms with van der Waals surface area (Å²) in [5, 5.41) is 4.18. The van der Waals surface area contributed by atoms with Crippen LogP contribution in [0, 0.1) is 0 Å². The molecule has 1 unspecified atom stereocenters. The van der Waals surface area contributed by atoms with E-state index < -0.39 is 0 Å². The number of aromatic nitrogens is 2. The Labute approximate surface area is 113 Å². The molecular weight excluding hydrogens is 242 g/mol. The second kappa shape index (κ2) is 5.98. The number of nitrogens with two attached hydrogens (primary N) is 1. The monoisotopic (exact) mass is 265 g/mol. The Kier molecular flexibility index (Phi) is 4.10. The molecule has 1 atom stereocenters. The molecule has 0 aliphatic carbocycles. The third-order valence-electron chi connectivity index (χ3n) is 4.16. The molecule has 6 nitrogen and oxygen atoms in total. The van der Waals surface area contributed by atoms with Gasteiger partial charge in [0.15, 0.2) is 5.82 Å². The average Bonchev–Trinajstić information content (AvgIpc) is 2.94. The van der Waals surface area contributed by atoms with Crippen molar-refractivity contribution < 1.29 is 4.52 Å². The van der Waals surface area contributed by atoms with Gasteiger partial charge in [-0.3, -0.25) is 9.80 Å². The average molecular weight is 265 g/mol. The molecule has 2 N–H and O–H groups in total. The van der Waals surface area contributed by atoms with Gasteiger partial charge in [-0.1, -0.05) is 11.6 Å². The molecule has 0 spiro atoms. The molecule has 3 aliphatic heterocycles. The first-order valence-corrected chi connectivity index (χ1v) is 7.36. The Morgan fingerprint density at radius 3 is 2.68 bits per heavy atom. The summed E-state index contributed by atoms with van der Waals surface area (Å²) in [6, 6.07) is 0.337. The fraction of sp³-hybridized carbons (Fsp3) is 0.846. The second-order valence-corrected chi connectivity index (χ2v) is 5.50. The number of aryl methyl sites for hydroxylation is 1. The first-order chi connectivity index (χ1) is 9.36. The highest BCUT2D eigenvalue weighted by Crippen LogP contribution is 2.26. The van der Waals surface area contributed by atoms with Crippen LogP contribution < -0.4 is 5.73 Å². The Morgan fingerprint density at radius 1 is 1.16 bits per heavy atom. The summed E-state index contributed by atoms with van der Waals surface area (Å²) in [6.45, 7) is 6.44. The maximum atomic E-state index is 5.48. The molecule has 3 saturated heterocycles. The fourth-order valence-electron chi connectivity index (χ4n) is 2.96. The van der Waals surface area contributed by atoms with Crippen LogP contribution in [0.15, 0.2) is 4.52 Å². The zero-order valence-electron chi connectivity index (χ0n) is 11.4. The van der Waals surface area contributed by atoms with E-state index in [0.717, 1.165) is 63.6 Å². The van der Waals surface area contributed by atoms with Crippen molar-refractivity contribution in [3.05, 3.63) is 11.7 Å². The van der Waals surface area contributed by atoms with E-state index in [2.05, 4.69) is 19.9 Å². The lowest BCUT2D eigenvalue weighted by Gasteiger charge is -2.46. The van der Waals surface area contributed by atoms with Gasteiger partial charge in [0.25, 0.3) is 0 Å². The van der Waals surface area contributed by atoms with Crippen LogP contribution in [0.2, 0.25) is 0 Å². The van der Waals surface area contributed by atoms with Gasteiger partial charge in [-0.2, -0.15) is 4.98 Å². The number of piperazine rings is 3. The molecule has 2 bridgehead atoms. The van der Waals surface area contributed by atoms with E-state index in [-0.39, 0.29) is 0 Å². The highest BCUT2D eigenvalue weighted by Gasteiger charge is 2.35. The lowest BCUT2D eigenvalue weighted by molar-refractivity contribution is 0.00781. The maximum Gasteiger partial charge on any atom is 0.226 e. The van der Waals surface area contributed by atoms with Crippen LogP contribution in [0.1, 0.15) is 37.0 Å². The summed E-state index contributed by atoms with van der Waals surface area (Å²) in [5.41, 5.74) is 5.48. The molecule has 1 aromatic rings. The number of rotatable bonds is 6. The van der Waals surface area contributed by atoms with Crippen molar-refractivity contribution in [2.45, 2.75) is 31.7 Å². The van der Waals surface area contributed by atoms with Crippen molar-refractivity contribution in [1.29, 1.82) is 0 Å². The first-order valence-electron chi connectivity index (χ1n) is 7.36. The number of nitrogens with zero attached hydrogens (tertiary/aromatic N) is 4.